The molecule has 260 valence electrons. The third-order valence-corrected chi connectivity index (χ3v) is 9.81. The molecular formula is C37H33Cl2N7O5. The Kier molecular flexibility index (Phi) is 9.72. The van der Waals surface area contributed by atoms with Gasteiger partial charge in [-0.25, -0.2) is 14.8 Å². The molecular weight excluding hydrogens is 693 g/mol. The summed E-state index contributed by atoms with van der Waals surface area (Å²) in [7, 11) is 2.88. The number of nitrogens with one attached hydrogen (secondary N) is 3. The number of benzene rings is 2. The lowest BCUT2D eigenvalue weighted by Crippen LogP contribution is -2.40. The van der Waals surface area contributed by atoms with Crippen LogP contribution in [0, 0.1) is 0 Å². The number of aromatic nitrogens is 3. The maximum absolute atomic E-state index is 13.4. The van der Waals surface area contributed by atoms with E-state index in [0.717, 1.165) is 34.2 Å². The number of halogens is 2. The summed E-state index contributed by atoms with van der Waals surface area (Å²) in [5.41, 5.74) is 5.49. The normalized spacial score (nSPS) is 16.9. The average Bonchev–Trinajstić information content (AvgIpc) is 3.81. The lowest BCUT2D eigenvalue weighted by Gasteiger charge is -2.16. The van der Waals surface area contributed by atoms with Gasteiger partial charge in [0.1, 0.15) is 23.1 Å². The van der Waals surface area contributed by atoms with Crippen LogP contribution in [0.3, 0.4) is 0 Å². The quantitative estimate of drug-likeness (QED) is 0.175. The van der Waals surface area contributed by atoms with Crippen molar-refractivity contribution < 1.29 is 19.1 Å². The first-order valence-corrected chi connectivity index (χ1v) is 17.0. The molecule has 2 aliphatic rings. The zero-order valence-electron chi connectivity index (χ0n) is 27.7. The van der Waals surface area contributed by atoms with E-state index in [-0.39, 0.29) is 29.6 Å². The molecule has 5 aromatic rings. The maximum atomic E-state index is 13.4. The van der Waals surface area contributed by atoms with Gasteiger partial charge in [-0.2, -0.15) is 0 Å². The summed E-state index contributed by atoms with van der Waals surface area (Å²) in [5, 5.41) is 10.2. The molecule has 0 aliphatic carbocycles. The van der Waals surface area contributed by atoms with Crippen LogP contribution in [0.25, 0.3) is 39.2 Å². The van der Waals surface area contributed by atoms with E-state index < -0.39 is 12.0 Å². The third-order valence-electron chi connectivity index (χ3n) is 8.99. The Bertz CT molecular complexity index is 2270. The van der Waals surface area contributed by atoms with Gasteiger partial charge in [-0.05, 0) is 30.2 Å². The SMILES string of the molecule is COC(=O)C1CN=C(c2cnc3cc(-c4cccc(-c5cccc(-c6ccc(CNCC7CCC(=O)N7)c(OC)n6)c5Cl)c4Cl)ccn3c2=O)N1. The molecule has 1 fully saturated rings. The van der Waals surface area contributed by atoms with E-state index >= 15 is 0 Å². The number of amidine groups is 1. The summed E-state index contributed by atoms with van der Waals surface area (Å²) in [6.07, 6.45) is 4.46. The number of ether oxygens (including phenoxy) is 2. The maximum Gasteiger partial charge on any atom is 0.330 e. The second kappa shape index (κ2) is 14.5. The number of hydrogen-bond donors (Lipinski definition) is 3. The molecule has 2 atom stereocenters. The van der Waals surface area contributed by atoms with Crippen LogP contribution in [0.2, 0.25) is 10.0 Å². The van der Waals surface area contributed by atoms with Crippen molar-refractivity contribution in [1.82, 2.24) is 30.3 Å². The molecule has 3 aromatic heterocycles. The Balaban J connectivity index is 1.14. The summed E-state index contributed by atoms with van der Waals surface area (Å²) in [6.45, 7) is 1.36. The molecule has 12 nitrogen and oxygen atoms in total. The van der Waals surface area contributed by atoms with Crippen LogP contribution in [-0.4, -0.2) is 71.5 Å². The molecule has 51 heavy (non-hydrogen) atoms. The van der Waals surface area contributed by atoms with Gasteiger partial charge in [0.05, 0.1) is 36.5 Å². The van der Waals surface area contributed by atoms with E-state index in [1.807, 2.05) is 48.5 Å². The van der Waals surface area contributed by atoms with Gasteiger partial charge in [0.25, 0.3) is 5.56 Å². The van der Waals surface area contributed by atoms with E-state index in [1.54, 1.807) is 25.4 Å². The molecule has 1 saturated heterocycles. The average molecular weight is 727 g/mol. The van der Waals surface area contributed by atoms with Gasteiger partial charge >= 0.3 is 5.97 Å². The summed E-state index contributed by atoms with van der Waals surface area (Å²) < 4.78 is 11.8. The Hall–Kier alpha value is -5.30. The molecule has 0 saturated carbocycles. The molecule has 5 heterocycles. The number of rotatable bonds is 10. The van der Waals surface area contributed by atoms with Crippen molar-refractivity contribution in [1.29, 1.82) is 0 Å². The lowest BCUT2D eigenvalue weighted by molar-refractivity contribution is -0.142. The van der Waals surface area contributed by atoms with Gasteiger partial charge < -0.3 is 25.4 Å². The van der Waals surface area contributed by atoms with E-state index in [4.69, 9.17) is 37.7 Å². The molecule has 14 heteroatoms. The number of aliphatic imine (C=N–C) groups is 1. The highest BCUT2D eigenvalue weighted by Crippen LogP contribution is 2.42. The van der Waals surface area contributed by atoms with Gasteiger partial charge in [0.15, 0.2) is 0 Å². The minimum absolute atomic E-state index is 0.0861. The van der Waals surface area contributed by atoms with Gasteiger partial charge in [-0.1, -0.05) is 65.7 Å². The van der Waals surface area contributed by atoms with Crippen molar-refractivity contribution in [3.8, 4) is 39.4 Å². The first kappa shape index (κ1) is 34.2. The summed E-state index contributed by atoms with van der Waals surface area (Å²) in [4.78, 5) is 50.4. The van der Waals surface area contributed by atoms with Crippen molar-refractivity contribution in [2.75, 3.05) is 27.3 Å². The van der Waals surface area contributed by atoms with Crippen molar-refractivity contribution in [2.45, 2.75) is 31.5 Å². The van der Waals surface area contributed by atoms with Crippen molar-refractivity contribution in [3.05, 3.63) is 105 Å². The third kappa shape index (κ3) is 6.77. The molecule has 0 bridgehead atoms. The summed E-state index contributed by atoms with van der Waals surface area (Å²) >= 11 is 14.2. The fourth-order valence-corrected chi connectivity index (χ4v) is 6.99. The van der Waals surface area contributed by atoms with Crippen LogP contribution in [0.15, 0.2) is 82.8 Å². The Labute approximate surface area is 302 Å². The lowest BCUT2D eigenvalue weighted by atomic mass is 9.97. The minimum atomic E-state index is -0.650. The first-order chi connectivity index (χ1) is 24.7. The van der Waals surface area contributed by atoms with Crippen molar-refractivity contribution >= 4 is 46.6 Å². The van der Waals surface area contributed by atoms with Gasteiger partial charge in [0.2, 0.25) is 11.8 Å². The van der Waals surface area contributed by atoms with Crippen LogP contribution < -0.4 is 26.2 Å². The van der Waals surface area contributed by atoms with E-state index in [2.05, 4.69) is 25.9 Å². The highest BCUT2D eigenvalue weighted by Gasteiger charge is 2.28. The number of pyridine rings is 2. The molecule has 3 N–H and O–H groups in total. The number of hydrogen-bond acceptors (Lipinski definition) is 10. The van der Waals surface area contributed by atoms with Crippen LogP contribution >= 0.6 is 23.2 Å². The first-order valence-electron chi connectivity index (χ1n) is 16.3. The zero-order chi connectivity index (χ0) is 35.6. The molecule has 1 amide bonds. The number of carbonyl (C=O) groups excluding carboxylic acids is 2. The Morgan fingerprint density at radius 2 is 1.71 bits per heavy atom. The predicted octanol–water partition coefficient (Wildman–Crippen LogP) is 4.67. The summed E-state index contributed by atoms with van der Waals surface area (Å²) in [5.74, 6) is 0.404. The fourth-order valence-electron chi connectivity index (χ4n) is 6.33. The van der Waals surface area contributed by atoms with Gasteiger partial charge in [-0.3, -0.25) is 19.0 Å². The van der Waals surface area contributed by atoms with Crippen LogP contribution in [0.4, 0.5) is 0 Å². The van der Waals surface area contributed by atoms with Crippen molar-refractivity contribution in [3.63, 3.8) is 0 Å². The molecule has 2 unspecified atom stereocenters. The highest BCUT2D eigenvalue weighted by molar-refractivity contribution is 6.39. The fraction of sp³-hybridized carbons (Fsp3) is 0.243. The monoisotopic (exact) mass is 725 g/mol. The highest BCUT2D eigenvalue weighted by atomic mass is 35.5. The molecule has 7 rings (SSSR count). The standard InChI is InChI=1S/C37H33Cl2N7O5/c1-50-35-21(16-40-17-22-10-12-31(47)43-22)9-11-28(45-35)26-8-4-7-25(33(26)39)24-6-3-5-23(32(24)38)20-13-14-46-30(15-20)41-18-27(36(46)48)34-42-19-29(44-34)37(49)51-2/h3-9,11,13-15,18,22,29,40H,10,12,16-17,19H2,1-2H3,(H,42,44)(H,43,47). The molecule has 0 radical (unpaired) electrons. The molecule has 2 aliphatic heterocycles. The predicted molar refractivity (Wildman–Crippen MR) is 195 cm³/mol. The number of nitrogens with zero attached hydrogens (tertiary/aromatic N) is 4. The van der Waals surface area contributed by atoms with Gasteiger partial charge in [-0.15, -0.1) is 0 Å². The number of esters is 1. The van der Waals surface area contributed by atoms with Crippen LogP contribution in [0.5, 0.6) is 5.88 Å². The number of fused-ring (bicyclic) bond motifs is 1. The zero-order valence-corrected chi connectivity index (χ0v) is 29.2. The van der Waals surface area contributed by atoms with E-state index in [0.29, 0.717) is 58.2 Å². The topological polar surface area (TPSA) is 148 Å². The Morgan fingerprint density at radius 1 is 0.961 bits per heavy atom. The second-order valence-corrected chi connectivity index (χ2v) is 12.9. The number of methoxy groups -OCH3 is 2. The van der Waals surface area contributed by atoms with Crippen LogP contribution in [-0.2, 0) is 20.9 Å². The van der Waals surface area contributed by atoms with E-state index in [1.165, 1.54) is 17.7 Å². The largest absolute Gasteiger partial charge is 0.481 e. The van der Waals surface area contributed by atoms with Gasteiger partial charge in [0, 0.05) is 65.8 Å². The Morgan fingerprint density at radius 3 is 2.43 bits per heavy atom. The van der Waals surface area contributed by atoms with E-state index in [9.17, 15) is 14.4 Å². The van der Waals surface area contributed by atoms with Crippen molar-refractivity contribution in [2.24, 2.45) is 4.99 Å². The van der Waals surface area contributed by atoms with Crippen LogP contribution in [0.1, 0.15) is 24.0 Å². The second-order valence-electron chi connectivity index (χ2n) is 12.2. The molecule has 0 spiro atoms. The number of carbonyl (C=O) groups is 2. The molecule has 2 aromatic carbocycles. The minimum Gasteiger partial charge on any atom is -0.481 e. The number of amides is 1. The smallest absolute Gasteiger partial charge is 0.330 e. The summed E-state index contributed by atoms with van der Waals surface area (Å²) in [6, 6.07) is 18.3.